The zero-order valence-corrected chi connectivity index (χ0v) is 15.1. The molecule has 0 bridgehead atoms. The van der Waals surface area contributed by atoms with Crippen LogP contribution in [-0.4, -0.2) is 32.9 Å². The SMILES string of the molecule is CN=C(NCc1ccc(OC)cc1)NCc1ccc(OCC(F)(F)F)cc1. The fraction of sp³-hybridized carbons (Fsp3) is 0.316. The third-order valence-corrected chi connectivity index (χ3v) is 3.63. The van der Waals surface area contributed by atoms with Gasteiger partial charge in [0.05, 0.1) is 7.11 Å². The molecule has 2 aromatic carbocycles. The summed E-state index contributed by atoms with van der Waals surface area (Å²) >= 11 is 0. The van der Waals surface area contributed by atoms with E-state index in [4.69, 9.17) is 4.74 Å². The van der Waals surface area contributed by atoms with Crippen molar-refractivity contribution in [3.63, 3.8) is 0 Å². The van der Waals surface area contributed by atoms with Crippen LogP contribution >= 0.6 is 0 Å². The fourth-order valence-corrected chi connectivity index (χ4v) is 2.20. The van der Waals surface area contributed by atoms with Crippen LogP contribution < -0.4 is 20.1 Å². The van der Waals surface area contributed by atoms with Gasteiger partial charge in [-0.3, -0.25) is 4.99 Å². The smallest absolute Gasteiger partial charge is 0.422 e. The predicted octanol–water partition coefficient (Wildman–Crippen LogP) is 3.50. The van der Waals surface area contributed by atoms with Gasteiger partial charge in [-0.05, 0) is 35.4 Å². The molecule has 0 amide bonds. The quantitative estimate of drug-likeness (QED) is 0.569. The Balaban J connectivity index is 1.79. The molecule has 0 unspecified atom stereocenters. The lowest BCUT2D eigenvalue weighted by atomic mass is 10.2. The topological polar surface area (TPSA) is 54.9 Å². The number of rotatable bonds is 7. The molecule has 8 heteroatoms. The van der Waals surface area contributed by atoms with E-state index in [-0.39, 0.29) is 5.75 Å². The van der Waals surface area contributed by atoms with Crippen molar-refractivity contribution < 1.29 is 22.6 Å². The van der Waals surface area contributed by atoms with Crippen LogP contribution in [0.2, 0.25) is 0 Å². The van der Waals surface area contributed by atoms with Crippen LogP contribution in [0.15, 0.2) is 53.5 Å². The molecular weight excluding hydrogens is 359 g/mol. The highest BCUT2D eigenvalue weighted by Gasteiger charge is 2.28. The largest absolute Gasteiger partial charge is 0.497 e. The number of nitrogens with one attached hydrogen (secondary N) is 2. The second-order valence-electron chi connectivity index (χ2n) is 5.68. The molecule has 0 spiro atoms. The van der Waals surface area contributed by atoms with E-state index in [1.165, 1.54) is 12.1 Å². The van der Waals surface area contributed by atoms with Crippen molar-refractivity contribution in [2.75, 3.05) is 20.8 Å². The lowest BCUT2D eigenvalue weighted by Gasteiger charge is -2.13. The number of guanidine groups is 1. The monoisotopic (exact) mass is 381 g/mol. The molecule has 0 aromatic heterocycles. The van der Waals surface area contributed by atoms with Gasteiger partial charge in [-0.2, -0.15) is 13.2 Å². The van der Waals surface area contributed by atoms with E-state index < -0.39 is 12.8 Å². The Morgan fingerprint density at radius 1 is 0.889 bits per heavy atom. The Morgan fingerprint density at radius 2 is 1.37 bits per heavy atom. The minimum absolute atomic E-state index is 0.179. The summed E-state index contributed by atoms with van der Waals surface area (Å²) in [5.41, 5.74) is 1.96. The van der Waals surface area contributed by atoms with Crippen molar-refractivity contribution in [1.29, 1.82) is 0 Å². The lowest BCUT2D eigenvalue weighted by molar-refractivity contribution is -0.153. The molecule has 2 aromatic rings. The van der Waals surface area contributed by atoms with Crippen molar-refractivity contribution >= 4 is 5.96 Å². The number of aliphatic imine (C=N–C) groups is 1. The van der Waals surface area contributed by atoms with E-state index in [2.05, 4.69) is 20.4 Å². The Morgan fingerprint density at radius 3 is 1.78 bits per heavy atom. The first-order valence-corrected chi connectivity index (χ1v) is 8.25. The third kappa shape index (κ3) is 7.47. The van der Waals surface area contributed by atoms with Gasteiger partial charge in [0.25, 0.3) is 0 Å². The van der Waals surface area contributed by atoms with Crippen LogP contribution in [0.5, 0.6) is 11.5 Å². The van der Waals surface area contributed by atoms with Gasteiger partial charge in [0.1, 0.15) is 11.5 Å². The summed E-state index contributed by atoms with van der Waals surface area (Å²) in [6, 6.07) is 14.1. The van der Waals surface area contributed by atoms with E-state index in [1.54, 1.807) is 26.3 Å². The molecule has 146 valence electrons. The molecule has 2 N–H and O–H groups in total. The summed E-state index contributed by atoms with van der Waals surface area (Å²) in [6.07, 6.45) is -4.34. The Kier molecular flexibility index (Phi) is 7.34. The number of halogens is 3. The van der Waals surface area contributed by atoms with Gasteiger partial charge >= 0.3 is 6.18 Å². The fourth-order valence-electron chi connectivity index (χ4n) is 2.20. The molecule has 0 atom stereocenters. The lowest BCUT2D eigenvalue weighted by Crippen LogP contribution is -2.36. The van der Waals surface area contributed by atoms with Crippen LogP contribution in [-0.2, 0) is 13.1 Å². The molecule has 0 aliphatic carbocycles. The molecule has 0 saturated heterocycles. The van der Waals surface area contributed by atoms with Gasteiger partial charge in [-0.15, -0.1) is 0 Å². The first-order valence-electron chi connectivity index (χ1n) is 8.25. The highest BCUT2D eigenvalue weighted by Crippen LogP contribution is 2.18. The van der Waals surface area contributed by atoms with Crippen LogP contribution in [0.25, 0.3) is 0 Å². The van der Waals surface area contributed by atoms with Crippen molar-refractivity contribution in [3.05, 3.63) is 59.7 Å². The molecule has 27 heavy (non-hydrogen) atoms. The predicted molar refractivity (Wildman–Crippen MR) is 98.0 cm³/mol. The Labute approximate surface area is 156 Å². The zero-order valence-electron chi connectivity index (χ0n) is 15.1. The summed E-state index contributed by atoms with van der Waals surface area (Å²) in [7, 11) is 3.28. The minimum Gasteiger partial charge on any atom is -0.497 e. The van der Waals surface area contributed by atoms with E-state index >= 15 is 0 Å². The first kappa shape index (κ1) is 20.4. The van der Waals surface area contributed by atoms with Crippen molar-refractivity contribution in [3.8, 4) is 11.5 Å². The maximum absolute atomic E-state index is 12.1. The molecule has 0 fully saturated rings. The Bertz CT molecular complexity index is 729. The van der Waals surface area contributed by atoms with Crippen LogP contribution in [0, 0.1) is 0 Å². The molecular formula is C19H22F3N3O2. The third-order valence-electron chi connectivity index (χ3n) is 3.63. The second kappa shape index (κ2) is 9.70. The number of hydrogen-bond donors (Lipinski definition) is 2. The van der Waals surface area contributed by atoms with Gasteiger partial charge in [0, 0.05) is 20.1 Å². The number of methoxy groups -OCH3 is 1. The minimum atomic E-state index is -4.34. The standard InChI is InChI=1S/C19H22F3N3O2/c1-23-18(24-11-14-3-7-16(26-2)8-4-14)25-12-15-5-9-17(10-6-15)27-13-19(20,21)22/h3-10H,11-13H2,1-2H3,(H2,23,24,25). The normalized spacial score (nSPS) is 11.8. The Hall–Kier alpha value is -2.90. The van der Waals surface area contributed by atoms with Gasteiger partial charge in [-0.25, -0.2) is 0 Å². The van der Waals surface area contributed by atoms with E-state index in [0.717, 1.165) is 16.9 Å². The van der Waals surface area contributed by atoms with Crippen LogP contribution in [0.1, 0.15) is 11.1 Å². The second-order valence-corrected chi connectivity index (χ2v) is 5.68. The molecule has 0 aliphatic rings. The van der Waals surface area contributed by atoms with Gasteiger partial charge in [-0.1, -0.05) is 24.3 Å². The van der Waals surface area contributed by atoms with Gasteiger partial charge < -0.3 is 20.1 Å². The van der Waals surface area contributed by atoms with E-state index in [9.17, 15) is 13.2 Å². The van der Waals surface area contributed by atoms with E-state index in [1.807, 2.05) is 24.3 Å². The molecule has 0 aliphatic heterocycles. The number of alkyl halides is 3. The van der Waals surface area contributed by atoms with E-state index in [0.29, 0.717) is 19.0 Å². The molecule has 5 nitrogen and oxygen atoms in total. The van der Waals surface area contributed by atoms with Crippen molar-refractivity contribution in [2.24, 2.45) is 4.99 Å². The zero-order chi connectivity index (χ0) is 19.7. The van der Waals surface area contributed by atoms with Crippen LogP contribution in [0.3, 0.4) is 0 Å². The number of benzene rings is 2. The first-order chi connectivity index (χ1) is 12.9. The highest BCUT2D eigenvalue weighted by atomic mass is 19.4. The average molecular weight is 381 g/mol. The van der Waals surface area contributed by atoms with Crippen molar-refractivity contribution in [1.82, 2.24) is 10.6 Å². The summed E-state index contributed by atoms with van der Waals surface area (Å²) in [6.45, 7) is -0.234. The maximum Gasteiger partial charge on any atom is 0.422 e. The summed E-state index contributed by atoms with van der Waals surface area (Å²) in [5, 5.41) is 6.34. The summed E-state index contributed by atoms with van der Waals surface area (Å²) in [4.78, 5) is 4.15. The summed E-state index contributed by atoms with van der Waals surface area (Å²) < 4.78 is 46.2. The number of hydrogen-bond acceptors (Lipinski definition) is 3. The van der Waals surface area contributed by atoms with Crippen LogP contribution in [0.4, 0.5) is 13.2 Å². The maximum atomic E-state index is 12.1. The molecule has 0 radical (unpaired) electrons. The molecule has 0 saturated carbocycles. The molecule has 2 rings (SSSR count). The molecule has 0 heterocycles. The van der Waals surface area contributed by atoms with Gasteiger partial charge in [0.15, 0.2) is 12.6 Å². The highest BCUT2D eigenvalue weighted by molar-refractivity contribution is 5.79. The summed E-state index contributed by atoms with van der Waals surface area (Å²) in [5.74, 6) is 1.59. The van der Waals surface area contributed by atoms with Gasteiger partial charge in [0.2, 0.25) is 0 Å². The number of ether oxygens (including phenoxy) is 2. The van der Waals surface area contributed by atoms with Crippen molar-refractivity contribution in [2.45, 2.75) is 19.3 Å². The average Bonchev–Trinajstić information content (AvgIpc) is 2.67. The number of nitrogens with zero attached hydrogens (tertiary/aromatic N) is 1.